The van der Waals surface area contributed by atoms with E-state index in [1.165, 1.54) is 17.7 Å². The molecule has 0 aliphatic carbocycles. The number of rotatable bonds is 4. The molecule has 5 rings (SSSR count). The first-order chi connectivity index (χ1) is 14.7. The molecule has 3 aromatic carbocycles. The second-order valence-corrected chi connectivity index (χ2v) is 7.96. The van der Waals surface area contributed by atoms with Gasteiger partial charge < -0.3 is 4.90 Å². The fourth-order valence-electron chi connectivity index (χ4n) is 4.05. The molecule has 2 heterocycles. The van der Waals surface area contributed by atoms with Crippen LogP contribution in [0.15, 0.2) is 66.7 Å². The molecule has 0 unspecified atom stereocenters. The third kappa shape index (κ3) is 3.74. The number of aromatic nitrogens is 2. The maximum absolute atomic E-state index is 13.8. The molecule has 0 spiro atoms. The molecule has 5 heteroatoms. The van der Waals surface area contributed by atoms with Crippen molar-refractivity contribution in [3.05, 3.63) is 84.2 Å². The van der Waals surface area contributed by atoms with Crippen molar-refractivity contribution in [1.82, 2.24) is 19.6 Å². The predicted octanol–water partition coefficient (Wildman–Crippen LogP) is 4.38. The highest BCUT2D eigenvalue weighted by Gasteiger charge is 2.16. The monoisotopic (exact) mass is 399 g/mol. The zero-order chi connectivity index (χ0) is 20.5. The maximum atomic E-state index is 13.8. The second kappa shape index (κ2) is 8.01. The normalized spacial score (nSPS) is 15.7. The van der Waals surface area contributed by atoms with Crippen molar-refractivity contribution >= 4 is 10.9 Å². The van der Waals surface area contributed by atoms with Gasteiger partial charge in [0.25, 0.3) is 0 Å². The Kier molecular flexibility index (Phi) is 5.07. The summed E-state index contributed by atoms with van der Waals surface area (Å²) in [4.78, 5) is 4.87. The van der Waals surface area contributed by atoms with E-state index in [0.29, 0.717) is 5.69 Å². The van der Waals surface area contributed by atoms with Gasteiger partial charge in [-0.25, -0.2) is 9.07 Å². The topological polar surface area (TPSA) is 24.3 Å². The molecule has 1 fully saturated rings. The van der Waals surface area contributed by atoms with Crippen molar-refractivity contribution in [3.63, 3.8) is 0 Å². The summed E-state index contributed by atoms with van der Waals surface area (Å²) in [6, 6.07) is 24.1. The Morgan fingerprint density at radius 1 is 1.00 bits per heavy atom. The van der Waals surface area contributed by atoms with Gasteiger partial charge in [-0.3, -0.25) is 4.90 Å². The van der Waals surface area contributed by atoms with Gasteiger partial charge in [-0.2, -0.15) is 5.10 Å². The van der Waals surface area contributed by atoms with E-state index in [1.807, 2.05) is 24.3 Å². The standard InChI is InChI=1S/C25H24FN4/c1-28-13-15-29(16-14-28)18-19-9-11-20(12-10-19)25-23-7-2-3-8-24(23)30(27-25)22-6-4-5-21(26)17-22/h2,4-12,17H,13-16,18H2,1H3. The highest BCUT2D eigenvalue weighted by atomic mass is 19.1. The summed E-state index contributed by atoms with van der Waals surface area (Å²) in [5, 5.41) is 5.87. The van der Waals surface area contributed by atoms with Gasteiger partial charge in [0.15, 0.2) is 0 Å². The third-order valence-corrected chi connectivity index (χ3v) is 5.81. The lowest BCUT2D eigenvalue weighted by Crippen LogP contribution is -2.43. The molecule has 1 aliphatic heterocycles. The van der Waals surface area contributed by atoms with Crippen LogP contribution in [0.1, 0.15) is 5.56 Å². The molecule has 0 bridgehead atoms. The van der Waals surface area contributed by atoms with Gasteiger partial charge in [0.05, 0.1) is 11.2 Å². The van der Waals surface area contributed by atoms with E-state index >= 15 is 0 Å². The lowest BCUT2D eigenvalue weighted by Gasteiger charge is -2.32. The highest BCUT2D eigenvalue weighted by Crippen LogP contribution is 2.30. The summed E-state index contributed by atoms with van der Waals surface area (Å²) < 4.78 is 15.6. The first kappa shape index (κ1) is 19.0. The van der Waals surface area contributed by atoms with E-state index in [9.17, 15) is 4.39 Å². The van der Waals surface area contributed by atoms with Gasteiger partial charge in [0.2, 0.25) is 0 Å². The molecule has 0 amide bonds. The molecular weight excluding hydrogens is 375 g/mol. The molecule has 1 aliphatic rings. The molecule has 151 valence electrons. The minimum absolute atomic E-state index is 0.272. The minimum atomic E-state index is -0.272. The van der Waals surface area contributed by atoms with Crippen molar-refractivity contribution in [2.45, 2.75) is 6.54 Å². The SMILES string of the molecule is CN1CCN(Cc2ccc(-c3nn(-c4cccc(F)c4)c4c[c]ccc34)cc2)CC1. The van der Waals surface area contributed by atoms with Gasteiger partial charge >= 0.3 is 0 Å². The van der Waals surface area contributed by atoms with Gasteiger partial charge in [-0.1, -0.05) is 36.4 Å². The van der Waals surface area contributed by atoms with Crippen LogP contribution < -0.4 is 0 Å². The fourth-order valence-corrected chi connectivity index (χ4v) is 4.05. The molecule has 1 aromatic heterocycles. The first-order valence-corrected chi connectivity index (χ1v) is 10.3. The molecule has 30 heavy (non-hydrogen) atoms. The predicted molar refractivity (Wildman–Crippen MR) is 118 cm³/mol. The molecule has 1 radical (unpaired) electrons. The van der Waals surface area contributed by atoms with Gasteiger partial charge in [-0.05, 0) is 49.0 Å². The van der Waals surface area contributed by atoms with Crippen LogP contribution in [0.2, 0.25) is 0 Å². The van der Waals surface area contributed by atoms with Crippen LogP contribution in [-0.4, -0.2) is 52.8 Å². The van der Waals surface area contributed by atoms with Crippen molar-refractivity contribution in [3.8, 4) is 16.9 Å². The van der Waals surface area contributed by atoms with Crippen molar-refractivity contribution in [1.29, 1.82) is 0 Å². The number of benzene rings is 3. The zero-order valence-electron chi connectivity index (χ0n) is 17.1. The molecule has 4 aromatic rings. The summed E-state index contributed by atoms with van der Waals surface area (Å²) in [6.45, 7) is 5.44. The van der Waals surface area contributed by atoms with Crippen molar-refractivity contribution < 1.29 is 4.39 Å². The van der Waals surface area contributed by atoms with E-state index in [1.54, 1.807) is 10.7 Å². The van der Waals surface area contributed by atoms with E-state index in [4.69, 9.17) is 5.10 Å². The average molecular weight is 399 g/mol. The quantitative estimate of drug-likeness (QED) is 0.509. The van der Waals surface area contributed by atoms with Crippen LogP contribution in [0, 0.1) is 11.9 Å². The van der Waals surface area contributed by atoms with Crippen LogP contribution >= 0.6 is 0 Å². The van der Waals surface area contributed by atoms with Crippen LogP contribution in [-0.2, 0) is 6.54 Å². The van der Waals surface area contributed by atoms with Crippen molar-refractivity contribution in [2.75, 3.05) is 33.2 Å². The summed E-state index contributed by atoms with van der Waals surface area (Å²) in [7, 11) is 2.18. The Bertz CT molecular complexity index is 1160. The van der Waals surface area contributed by atoms with Gasteiger partial charge in [0, 0.05) is 43.7 Å². The Morgan fingerprint density at radius 3 is 2.57 bits per heavy atom. The fraction of sp³-hybridized carbons (Fsp3) is 0.240. The number of hydrogen-bond donors (Lipinski definition) is 0. The van der Waals surface area contributed by atoms with Crippen LogP contribution in [0.5, 0.6) is 0 Å². The largest absolute Gasteiger partial charge is 0.304 e. The summed E-state index contributed by atoms with van der Waals surface area (Å²) in [5.41, 5.74) is 4.89. The van der Waals surface area contributed by atoms with E-state index in [2.05, 4.69) is 47.2 Å². The molecule has 0 N–H and O–H groups in total. The Balaban J connectivity index is 1.46. The number of piperazine rings is 1. The molecular formula is C25H24FN4. The molecule has 0 saturated carbocycles. The summed E-state index contributed by atoms with van der Waals surface area (Å²) in [5.74, 6) is -0.272. The Labute approximate surface area is 176 Å². The number of likely N-dealkylation sites (N-methyl/N-ethyl adjacent to an activating group) is 1. The molecule has 0 atom stereocenters. The van der Waals surface area contributed by atoms with Gasteiger partial charge in [0.1, 0.15) is 11.5 Å². The van der Waals surface area contributed by atoms with E-state index in [-0.39, 0.29) is 5.82 Å². The minimum Gasteiger partial charge on any atom is -0.304 e. The second-order valence-electron chi connectivity index (χ2n) is 7.96. The highest BCUT2D eigenvalue weighted by molar-refractivity contribution is 5.94. The Morgan fingerprint density at radius 2 is 1.80 bits per heavy atom. The zero-order valence-corrected chi connectivity index (χ0v) is 17.1. The van der Waals surface area contributed by atoms with Crippen molar-refractivity contribution in [2.24, 2.45) is 0 Å². The smallest absolute Gasteiger partial charge is 0.125 e. The number of nitrogens with zero attached hydrogens (tertiary/aromatic N) is 4. The maximum Gasteiger partial charge on any atom is 0.125 e. The number of halogens is 1. The Hall–Kier alpha value is -3.02. The summed E-state index contributed by atoms with van der Waals surface area (Å²) >= 11 is 0. The molecule has 1 saturated heterocycles. The molecule has 4 nitrogen and oxygen atoms in total. The summed E-state index contributed by atoms with van der Waals surface area (Å²) in [6.07, 6.45) is 0. The first-order valence-electron chi connectivity index (χ1n) is 10.3. The van der Waals surface area contributed by atoms with Crippen LogP contribution in [0.3, 0.4) is 0 Å². The number of hydrogen-bond acceptors (Lipinski definition) is 3. The number of fused-ring (bicyclic) bond motifs is 1. The average Bonchev–Trinajstić information content (AvgIpc) is 3.16. The lowest BCUT2D eigenvalue weighted by atomic mass is 10.1. The van der Waals surface area contributed by atoms with E-state index in [0.717, 1.165) is 54.9 Å². The van der Waals surface area contributed by atoms with E-state index < -0.39 is 0 Å². The van der Waals surface area contributed by atoms with Crippen LogP contribution in [0.25, 0.3) is 27.8 Å². The third-order valence-electron chi connectivity index (χ3n) is 5.81. The van der Waals surface area contributed by atoms with Crippen LogP contribution in [0.4, 0.5) is 4.39 Å². The lowest BCUT2D eigenvalue weighted by molar-refractivity contribution is 0.148. The van der Waals surface area contributed by atoms with Gasteiger partial charge in [-0.15, -0.1) is 0 Å².